The lowest BCUT2D eigenvalue weighted by Crippen LogP contribution is -2.42. The quantitative estimate of drug-likeness (QED) is 0.483. The van der Waals surface area contributed by atoms with Crippen molar-refractivity contribution in [2.75, 3.05) is 0 Å². The Morgan fingerprint density at radius 2 is 2.00 bits per heavy atom. The molecule has 2 rings (SSSR count). The summed E-state index contributed by atoms with van der Waals surface area (Å²) in [6.45, 7) is 2.00. The molecule has 2 aliphatic rings. The minimum absolute atomic E-state index is 0.0889. The number of urea groups is 1. The molecular weight excluding hydrogens is 184 g/mol. The van der Waals surface area contributed by atoms with E-state index in [4.69, 9.17) is 0 Å². The molecule has 5 nitrogen and oxygen atoms in total. The SMILES string of the molecule is CC1CCCC1N1C(=O)NC(=O)C1=O. The highest BCUT2D eigenvalue weighted by Crippen LogP contribution is 2.30. The van der Waals surface area contributed by atoms with Gasteiger partial charge in [0, 0.05) is 6.04 Å². The summed E-state index contributed by atoms with van der Waals surface area (Å²) in [6, 6.07) is -0.646. The third-order valence-corrected chi connectivity index (χ3v) is 3.00. The summed E-state index contributed by atoms with van der Waals surface area (Å²) < 4.78 is 0. The Morgan fingerprint density at radius 1 is 1.29 bits per heavy atom. The Balaban J connectivity index is 2.21. The van der Waals surface area contributed by atoms with Crippen molar-refractivity contribution >= 4 is 17.8 Å². The first-order chi connectivity index (χ1) is 6.61. The van der Waals surface area contributed by atoms with Gasteiger partial charge in [0.05, 0.1) is 0 Å². The smallest absolute Gasteiger partial charge is 0.269 e. The predicted octanol–water partition coefficient (Wildman–Crippen LogP) is 0.253. The van der Waals surface area contributed by atoms with Gasteiger partial charge in [0.2, 0.25) is 0 Å². The van der Waals surface area contributed by atoms with E-state index in [1.54, 1.807) is 0 Å². The molecule has 0 spiro atoms. The zero-order valence-electron chi connectivity index (χ0n) is 7.95. The van der Waals surface area contributed by atoms with Crippen molar-refractivity contribution in [3.05, 3.63) is 0 Å². The van der Waals surface area contributed by atoms with Crippen molar-refractivity contribution in [3.8, 4) is 0 Å². The standard InChI is InChI=1S/C9H12N2O3/c1-5-3-2-4-6(5)11-8(13)7(12)10-9(11)14/h5-6H,2-4H2,1H3,(H,10,12,14). The summed E-state index contributed by atoms with van der Waals surface area (Å²) >= 11 is 0. The van der Waals surface area contributed by atoms with Crippen LogP contribution in [0.4, 0.5) is 4.79 Å². The van der Waals surface area contributed by atoms with E-state index in [1.165, 1.54) is 0 Å². The molecule has 0 bridgehead atoms. The summed E-state index contributed by atoms with van der Waals surface area (Å²) in [5.74, 6) is -1.20. The number of amides is 4. The second-order valence-corrected chi connectivity index (χ2v) is 3.91. The van der Waals surface area contributed by atoms with E-state index >= 15 is 0 Å². The van der Waals surface area contributed by atoms with Crippen LogP contribution >= 0.6 is 0 Å². The van der Waals surface area contributed by atoms with Crippen LogP contribution < -0.4 is 5.32 Å². The highest BCUT2D eigenvalue weighted by Gasteiger charge is 2.44. The predicted molar refractivity (Wildman–Crippen MR) is 47.2 cm³/mol. The highest BCUT2D eigenvalue weighted by atomic mass is 16.2. The normalized spacial score (nSPS) is 32.6. The highest BCUT2D eigenvalue weighted by molar-refractivity contribution is 6.44. The molecule has 0 radical (unpaired) electrons. The van der Waals surface area contributed by atoms with Gasteiger partial charge in [-0.05, 0) is 18.8 Å². The maximum atomic E-state index is 11.3. The van der Waals surface area contributed by atoms with Gasteiger partial charge in [0.1, 0.15) is 0 Å². The number of carbonyl (C=O) groups excluding carboxylic acids is 3. The lowest BCUT2D eigenvalue weighted by molar-refractivity contribution is -0.141. The summed E-state index contributed by atoms with van der Waals surface area (Å²) in [4.78, 5) is 34.7. The average molecular weight is 196 g/mol. The number of nitrogens with one attached hydrogen (secondary N) is 1. The van der Waals surface area contributed by atoms with Crippen molar-refractivity contribution in [2.24, 2.45) is 5.92 Å². The molecule has 4 amide bonds. The fraction of sp³-hybridized carbons (Fsp3) is 0.667. The zero-order valence-corrected chi connectivity index (χ0v) is 7.95. The Bertz CT molecular complexity index is 313. The van der Waals surface area contributed by atoms with Gasteiger partial charge in [0.15, 0.2) is 0 Å². The molecule has 1 aliphatic carbocycles. The van der Waals surface area contributed by atoms with E-state index in [0.29, 0.717) is 5.92 Å². The minimum atomic E-state index is -0.797. The Morgan fingerprint density at radius 3 is 2.43 bits per heavy atom. The van der Waals surface area contributed by atoms with E-state index in [2.05, 4.69) is 0 Å². The summed E-state index contributed by atoms with van der Waals surface area (Å²) in [6.07, 6.45) is 2.83. The first-order valence-electron chi connectivity index (χ1n) is 4.79. The summed E-state index contributed by atoms with van der Waals surface area (Å²) in [5.41, 5.74) is 0. The third kappa shape index (κ3) is 1.20. The molecule has 1 saturated heterocycles. The Hall–Kier alpha value is -1.39. The monoisotopic (exact) mass is 196 g/mol. The zero-order chi connectivity index (χ0) is 10.3. The van der Waals surface area contributed by atoms with Gasteiger partial charge in [-0.15, -0.1) is 0 Å². The fourth-order valence-electron chi connectivity index (χ4n) is 2.22. The lowest BCUT2D eigenvalue weighted by Gasteiger charge is -2.23. The number of hydrogen-bond acceptors (Lipinski definition) is 3. The number of hydrogen-bond donors (Lipinski definition) is 1. The molecule has 1 saturated carbocycles. The molecule has 0 aromatic rings. The van der Waals surface area contributed by atoms with Crippen LogP contribution in [0.1, 0.15) is 26.2 Å². The maximum absolute atomic E-state index is 11.3. The molecule has 2 unspecified atom stereocenters. The number of imide groups is 2. The molecule has 1 heterocycles. The van der Waals surface area contributed by atoms with Crippen molar-refractivity contribution in [1.82, 2.24) is 10.2 Å². The average Bonchev–Trinajstić information content (AvgIpc) is 2.60. The number of nitrogens with zero attached hydrogens (tertiary/aromatic N) is 1. The molecule has 2 atom stereocenters. The second-order valence-electron chi connectivity index (χ2n) is 3.91. The van der Waals surface area contributed by atoms with E-state index in [1.807, 2.05) is 12.2 Å². The first kappa shape index (κ1) is 9.18. The van der Waals surface area contributed by atoms with E-state index in [0.717, 1.165) is 24.2 Å². The van der Waals surface area contributed by atoms with Crippen molar-refractivity contribution < 1.29 is 14.4 Å². The van der Waals surface area contributed by atoms with Gasteiger partial charge in [0.25, 0.3) is 0 Å². The second kappa shape index (κ2) is 3.08. The van der Waals surface area contributed by atoms with Gasteiger partial charge in [-0.1, -0.05) is 13.3 Å². The van der Waals surface area contributed by atoms with E-state index in [9.17, 15) is 14.4 Å². The third-order valence-electron chi connectivity index (χ3n) is 3.00. The van der Waals surface area contributed by atoms with Gasteiger partial charge in [-0.3, -0.25) is 19.8 Å². The molecule has 14 heavy (non-hydrogen) atoms. The lowest BCUT2D eigenvalue weighted by atomic mass is 10.1. The van der Waals surface area contributed by atoms with E-state index in [-0.39, 0.29) is 6.04 Å². The number of rotatable bonds is 1. The fourth-order valence-corrected chi connectivity index (χ4v) is 2.22. The topological polar surface area (TPSA) is 66.5 Å². The molecule has 0 aromatic heterocycles. The van der Waals surface area contributed by atoms with Crippen LogP contribution in [0.2, 0.25) is 0 Å². The first-order valence-corrected chi connectivity index (χ1v) is 4.79. The van der Waals surface area contributed by atoms with E-state index < -0.39 is 17.8 Å². The van der Waals surface area contributed by atoms with Crippen LogP contribution in [0, 0.1) is 5.92 Å². The molecule has 76 valence electrons. The van der Waals surface area contributed by atoms with Gasteiger partial charge in [-0.2, -0.15) is 0 Å². The van der Waals surface area contributed by atoms with Crippen LogP contribution in [0.3, 0.4) is 0 Å². The molecule has 1 N–H and O–H groups in total. The van der Waals surface area contributed by atoms with Crippen LogP contribution in [0.25, 0.3) is 0 Å². The van der Waals surface area contributed by atoms with Crippen LogP contribution in [-0.4, -0.2) is 28.8 Å². The summed E-state index contributed by atoms with van der Waals surface area (Å²) in [7, 11) is 0. The number of carbonyl (C=O) groups is 3. The molecule has 0 aromatic carbocycles. The van der Waals surface area contributed by atoms with Crippen LogP contribution in [0.15, 0.2) is 0 Å². The Kier molecular flexibility index (Phi) is 2.02. The van der Waals surface area contributed by atoms with Gasteiger partial charge in [-0.25, -0.2) is 4.79 Å². The van der Waals surface area contributed by atoms with Crippen LogP contribution in [-0.2, 0) is 9.59 Å². The molecule has 5 heteroatoms. The molecule has 1 aliphatic heterocycles. The maximum Gasteiger partial charge on any atom is 0.331 e. The van der Waals surface area contributed by atoms with Crippen LogP contribution in [0.5, 0.6) is 0 Å². The minimum Gasteiger partial charge on any atom is -0.269 e. The largest absolute Gasteiger partial charge is 0.331 e. The Labute approximate surface area is 81.4 Å². The van der Waals surface area contributed by atoms with Crippen molar-refractivity contribution in [1.29, 1.82) is 0 Å². The summed E-state index contributed by atoms with van der Waals surface area (Å²) in [5, 5.41) is 2.01. The van der Waals surface area contributed by atoms with Gasteiger partial charge < -0.3 is 0 Å². The molecule has 2 fully saturated rings. The van der Waals surface area contributed by atoms with Gasteiger partial charge >= 0.3 is 17.8 Å². The van der Waals surface area contributed by atoms with Crippen molar-refractivity contribution in [2.45, 2.75) is 32.2 Å². The molecular formula is C9H12N2O3. The van der Waals surface area contributed by atoms with Crippen molar-refractivity contribution in [3.63, 3.8) is 0 Å².